The van der Waals surface area contributed by atoms with Gasteiger partial charge < -0.3 is 11.1 Å². The Hall–Kier alpha value is -0.420. The van der Waals surface area contributed by atoms with Crippen molar-refractivity contribution in [3.8, 4) is 0 Å². The van der Waals surface area contributed by atoms with E-state index in [9.17, 15) is 9.00 Å². The molecule has 4 nitrogen and oxygen atoms in total. The van der Waals surface area contributed by atoms with Crippen LogP contribution in [0.4, 0.5) is 0 Å². The van der Waals surface area contributed by atoms with Crippen LogP contribution in [0.15, 0.2) is 0 Å². The zero-order chi connectivity index (χ0) is 13.4. The fraction of sp³-hybridized carbons (Fsp3) is 0.917. The average Bonchev–Trinajstić information content (AvgIpc) is 2.26. The maximum Gasteiger partial charge on any atom is 0.235 e. The van der Waals surface area contributed by atoms with Crippen molar-refractivity contribution in [2.45, 2.75) is 51.8 Å². The highest BCUT2D eigenvalue weighted by Gasteiger charge is 2.20. The summed E-state index contributed by atoms with van der Waals surface area (Å²) in [5, 5.41) is 2.34. The molecule has 0 aromatic heterocycles. The first-order valence-corrected chi connectivity index (χ1v) is 7.67. The van der Waals surface area contributed by atoms with Crippen molar-refractivity contribution in [3.05, 3.63) is 0 Å². The van der Waals surface area contributed by atoms with Crippen molar-refractivity contribution in [3.63, 3.8) is 0 Å². The zero-order valence-electron chi connectivity index (χ0n) is 11.4. The normalized spacial score (nSPS) is 16.6. The summed E-state index contributed by atoms with van der Waals surface area (Å²) in [6, 6.07) is -0.0817. The van der Waals surface area contributed by atoms with Gasteiger partial charge in [-0.25, -0.2) is 0 Å². The third-order valence-electron chi connectivity index (χ3n) is 2.69. The van der Waals surface area contributed by atoms with Crippen LogP contribution in [0, 0.1) is 5.92 Å². The molecule has 0 aromatic carbocycles. The molecule has 0 saturated heterocycles. The van der Waals surface area contributed by atoms with Crippen LogP contribution in [0.25, 0.3) is 0 Å². The van der Waals surface area contributed by atoms with Gasteiger partial charge in [-0.15, -0.1) is 0 Å². The van der Waals surface area contributed by atoms with Gasteiger partial charge in [0.2, 0.25) is 5.91 Å². The van der Waals surface area contributed by atoms with Crippen LogP contribution in [0.5, 0.6) is 0 Å². The summed E-state index contributed by atoms with van der Waals surface area (Å²) in [4.78, 5) is 11.7. The molecule has 3 atom stereocenters. The van der Waals surface area contributed by atoms with Gasteiger partial charge in [-0.1, -0.05) is 20.8 Å². The molecule has 17 heavy (non-hydrogen) atoms. The van der Waals surface area contributed by atoms with E-state index >= 15 is 0 Å². The first-order chi connectivity index (χ1) is 7.88. The van der Waals surface area contributed by atoms with E-state index in [0.29, 0.717) is 18.2 Å². The summed E-state index contributed by atoms with van der Waals surface area (Å²) in [6.45, 7) is 8.51. The maximum absolute atomic E-state index is 11.8. The predicted molar refractivity (Wildman–Crippen MR) is 73.2 cm³/mol. The van der Waals surface area contributed by atoms with Crippen molar-refractivity contribution >= 4 is 16.7 Å². The molecule has 0 aromatic rings. The van der Waals surface area contributed by atoms with Gasteiger partial charge in [-0.2, -0.15) is 0 Å². The van der Waals surface area contributed by atoms with Crippen LogP contribution in [0.1, 0.15) is 40.5 Å². The number of carbonyl (C=O) groups excluding carboxylic acids is 1. The van der Waals surface area contributed by atoms with Gasteiger partial charge in [0.05, 0.1) is 0 Å². The van der Waals surface area contributed by atoms with E-state index in [-0.39, 0.29) is 11.9 Å². The summed E-state index contributed by atoms with van der Waals surface area (Å²) < 4.78 is 11.8. The minimum Gasteiger partial charge on any atom is -0.355 e. The topological polar surface area (TPSA) is 72.2 Å². The van der Waals surface area contributed by atoms with Crippen molar-refractivity contribution < 1.29 is 9.00 Å². The highest BCUT2D eigenvalue weighted by Crippen LogP contribution is 2.01. The van der Waals surface area contributed by atoms with E-state index in [4.69, 9.17) is 5.73 Å². The van der Waals surface area contributed by atoms with Gasteiger partial charge >= 0.3 is 0 Å². The number of hydrogen-bond donors (Lipinski definition) is 2. The monoisotopic (exact) mass is 262 g/mol. The van der Waals surface area contributed by atoms with Crippen LogP contribution >= 0.6 is 0 Å². The van der Waals surface area contributed by atoms with Crippen LogP contribution in [0.3, 0.4) is 0 Å². The predicted octanol–water partition coefficient (Wildman–Crippen LogP) is 1.02. The number of hydrogen-bond acceptors (Lipinski definition) is 3. The van der Waals surface area contributed by atoms with Crippen molar-refractivity contribution in [1.82, 2.24) is 5.32 Å². The number of amides is 1. The SMILES string of the molecule is CCC(N)CS(=O)C(C)C(=O)NCCC(C)C. The lowest BCUT2D eigenvalue weighted by Gasteiger charge is -2.15. The fourth-order valence-electron chi connectivity index (χ4n) is 1.22. The second-order valence-electron chi connectivity index (χ2n) is 4.83. The molecule has 0 aliphatic carbocycles. The molecule has 102 valence electrons. The molecule has 0 saturated carbocycles. The molecular formula is C12H26N2O2S. The van der Waals surface area contributed by atoms with Crippen molar-refractivity contribution in [1.29, 1.82) is 0 Å². The lowest BCUT2D eigenvalue weighted by atomic mass is 10.1. The van der Waals surface area contributed by atoms with Gasteiger partial charge in [0.1, 0.15) is 5.25 Å². The van der Waals surface area contributed by atoms with Crippen LogP contribution in [0.2, 0.25) is 0 Å². The summed E-state index contributed by atoms with van der Waals surface area (Å²) in [5.41, 5.74) is 5.73. The summed E-state index contributed by atoms with van der Waals surface area (Å²) in [7, 11) is -1.18. The van der Waals surface area contributed by atoms with Gasteiger partial charge in [0.25, 0.3) is 0 Å². The average molecular weight is 262 g/mol. The summed E-state index contributed by atoms with van der Waals surface area (Å²) >= 11 is 0. The number of carbonyl (C=O) groups is 1. The second-order valence-corrected chi connectivity index (χ2v) is 6.63. The Labute approximate surface area is 107 Å². The molecule has 1 amide bonds. The molecule has 0 aliphatic heterocycles. The second kappa shape index (κ2) is 8.64. The first kappa shape index (κ1) is 16.6. The molecule has 0 spiro atoms. The molecule has 0 aliphatic rings. The summed E-state index contributed by atoms with van der Waals surface area (Å²) in [5.74, 6) is 0.826. The highest BCUT2D eigenvalue weighted by molar-refractivity contribution is 7.86. The van der Waals surface area contributed by atoms with Crippen molar-refractivity contribution in [2.24, 2.45) is 11.7 Å². The minimum atomic E-state index is -1.18. The van der Waals surface area contributed by atoms with Crippen LogP contribution in [-0.2, 0) is 15.6 Å². The lowest BCUT2D eigenvalue weighted by molar-refractivity contribution is -0.120. The van der Waals surface area contributed by atoms with Gasteiger partial charge in [0.15, 0.2) is 0 Å². The number of rotatable bonds is 8. The van der Waals surface area contributed by atoms with E-state index in [1.165, 1.54) is 0 Å². The van der Waals surface area contributed by atoms with E-state index in [1.807, 2.05) is 6.92 Å². The zero-order valence-corrected chi connectivity index (χ0v) is 12.2. The molecule has 3 unspecified atom stereocenters. The third kappa shape index (κ3) is 7.49. The number of nitrogens with two attached hydrogens (primary N) is 1. The first-order valence-electron chi connectivity index (χ1n) is 6.28. The van der Waals surface area contributed by atoms with Gasteiger partial charge in [0, 0.05) is 29.1 Å². The fourth-order valence-corrected chi connectivity index (χ4v) is 2.49. The third-order valence-corrected chi connectivity index (χ3v) is 4.45. The molecule has 0 radical (unpaired) electrons. The minimum absolute atomic E-state index is 0.0817. The maximum atomic E-state index is 11.8. The quantitative estimate of drug-likeness (QED) is 0.686. The van der Waals surface area contributed by atoms with Gasteiger partial charge in [-0.3, -0.25) is 9.00 Å². The van der Waals surface area contributed by atoms with E-state index < -0.39 is 16.0 Å². The lowest BCUT2D eigenvalue weighted by Crippen LogP contribution is -2.39. The summed E-state index contributed by atoms with van der Waals surface area (Å²) in [6.07, 6.45) is 1.73. The van der Waals surface area contributed by atoms with Crippen LogP contribution in [-0.4, -0.2) is 33.7 Å². The molecular weight excluding hydrogens is 236 g/mol. The molecule has 0 rings (SSSR count). The molecule has 3 N–H and O–H groups in total. The Kier molecular flexibility index (Phi) is 8.43. The van der Waals surface area contributed by atoms with Crippen LogP contribution < -0.4 is 11.1 Å². The van der Waals surface area contributed by atoms with E-state index in [1.54, 1.807) is 6.92 Å². The molecule has 0 fully saturated rings. The van der Waals surface area contributed by atoms with E-state index in [2.05, 4.69) is 19.2 Å². The smallest absolute Gasteiger partial charge is 0.235 e. The van der Waals surface area contributed by atoms with Crippen molar-refractivity contribution in [2.75, 3.05) is 12.3 Å². The standard InChI is InChI=1S/C12H26N2O2S/c1-5-11(13)8-17(16)10(4)12(15)14-7-6-9(2)3/h9-11H,5-8,13H2,1-4H3,(H,14,15). The Balaban J connectivity index is 3.99. The molecule has 0 heterocycles. The van der Waals surface area contributed by atoms with Gasteiger partial charge in [-0.05, 0) is 25.7 Å². The Morgan fingerprint density at radius 1 is 1.35 bits per heavy atom. The Bertz CT molecular complexity index is 257. The largest absolute Gasteiger partial charge is 0.355 e. The number of nitrogens with one attached hydrogen (secondary N) is 1. The Morgan fingerprint density at radius 2 is 1.94 bits per heavy atom. The van der Waals surface area contributed by atoms with E-state index in [0.717, 1.165) is 12.8 Å². The molecule has 0 bridgehead atoms. The molecule has 5 heteroatoms. The Morgan fingerprint density at radius 3 is 2.41 bits per heavy atom. The highest BCUT2D eigenvalue weighted by atomic mass is 32.2.